The van der Waals surface area contributed by atoms with Crippen molar-refractivity contribution in [1.29, 1.82) is 0 Å². The van der Waals surface area contributed by atoms with Crippen LogP contribution in [-0.2, 0) is 9.16 Å². The summed E-state index contributed by atoms with van der Waals surface area (Å²) in [5.41, 5.74) is -0.600. The summed E-state index contributed by atoms with van der Waals surface area (Å²) in [6.45, 7) is 14.9. The molecule has 0 unspecified atom stereocenters. The minimum atomic E-state index is -2.77. The number of aliphatic hydroxyl groups excluding tert-OH is 1. The van der Waals surface area contributed by atoms with Crippen molar-refractivity contribution in [2.75, 3.05) is 13.2 Å². The van der Waals surface area contributed by atoms with Crippen molar-refractivity contribution in [3.63, 3.8) is 0 Å². The van der Waals surface area contributed by atoms with Crippen LogP contribution >= 0.6 is 0 Å². The molecule has 0 radical (unpaired) electrons. The fraction of sp³-hybridized carbons (Fsp3) is 0.519. The molecule has 1 aliphatic rings. The summed E-state index contributed by atoms with van der Waals surface area (Å²) >= 11 is 0. The molecule has 1 N–H and O–H groups in total. The molecule has 3 atom stereocenters. The first-order chi connectivity index (χ1) is 15.4. The number of likely N-dealkylation sites (tertiary alicyclic amines) is 1. The van der Waals surface area contributed by atoms with E-state index < -0.39 is 32.2 Å². The molecule has 1 heterocycles. The molecule has 0 aliphatic carbocycles. The maximum atomic E-state index is 13.0. The molecule has 1 fully saturated rings. The minimum Gasteiger partial charge on any atom is -0.444 e. The molecule has 0 aromatic heterocycles. The molecule has 0 saturated carbocycles. The van der Waals surface area contributed by atoms with E-state index in [2.05, 4.69) is 69.3 Å². The van der Waals surface area contributed by atoms with Gasteiger partial charge in [0.2, 0.25) is 0 Å². The van der Waals surface area contributed by atoms with Gasteiger partial charge in [-0.1, -0.05) is 88.4 Å². The average Bonchev–Trinajstić information content (AvgIpc) is 3.02. The molecule has 1 aliphatic heterocycles. The lowest BCUT2D eigenvalue weighted by molar-refractivity contribution is 0.00733. The topological polar surface area (TPSA) is 59.0 Å². The zero-order valence-corrected chi connectivity index (χ0v) is 22.0. The molecule has 0 spiro atoms. The number of aliphatic hydroxyl groups is 1. The van der Waals surface area contributed by atoms with Gasteiger partial charge >= 0.3 is 6.09 Å². The number of carbonyl (C=O) groups is 1. The molecule has 1 saturated heterocycles. The lowest BCUT2D eigenvalue weighted by atomic mass is 10.1. The molecule has 5 nitrogen and oxygen atoms in total. The lowest BCUT2D eigenvalue weighted by Crippen LogP contribution is -2.67. The third-order valence-corrected chi connectivity index (χ3v) is 11.4. The van der Waals surface area contributed by atoms with Crippen molar-refractivity contribution < 1.29 is 19.1 Å². The average molecular weight is 470 g/mol. The van der Waals surface area contributed by atoms with E-state index in [0.29, 0.717) is 6.54 Å². The Kier molecular flexibility index (Phi) is 7.41. The van der Waals surface area contributed by atoms with Crippen LogP contribution in [0.4, 0.5) is 4.79 Å². The van der Waals surface area contributed by atoms with Crippen molar-refractivity contribution in [3.8, 4) is 0 Å². The summed E-state index contributed by atoms with van der Waals surface area (Å²) in [7, 11) is -2.77. The monoisotopic (exact) mass is 469 g/mol. The zero-order valence-electron chi connectivity index (χ0n) is 21.0. The van der Waals surface area contributed by atoms with Gasteiger partial charge in [-0.3, -0.25) is 4.90 Å². The number of amides is 1. The molecular formula is C27H39NO4Si. The first kappa shape index (κ1) is 25.5. The van der Waals surface area contributed by atoms with Gasteiger partial charge in [0, 0.05) is 12.5 Å². The van der Waals surface area contributed by atoms with Crippen LogP contribution in [0.25, 0.3) is 0 Å². The molecule has 0 bridgehead atoms. The molecule has 33 heavy (non-hydrogen) atoms. The van der Waals surface area contributed by atoms with Gasteiger partial charge in [-0.05, 0) is 36.2 Å². The highest BCUT2D eigenvalue weighted by Gasteiger charge is 2.52. The summed E-state index contributed by atoms with van der Waals surface area (Å²) < 4.78 is 12.7. The third kappa shape index (κ3) is 5.34. The van der Waals surface area contributed by atoms with Gasteiger partial charge in [-0.25, -0.2) is 4.79 Å². The van der Waals surface area contributed by atoms with Crippen LogP contribution in [0.1, 0.15) is 48.5 Å². The highest BCUT2D eigenvalue weighted by atomic mass is 28.4. The van der Waals surface area contributed by atoms with E-state index in [1.807, 2.05) is 39.8 Å². The second kappa shape index (κ2) is 9.61. The summed E-state index contributed by atoms with van der Waals surface area (Å²) in [4.78, 5) is 14.6. The Morgan fingerprint density at radius 3 is 1.88 bits per heavy atom. The van der Waals surface area contributed by atoms with Crippen LogP contribution in [0.15, 0.2) is 60.7 Å². The second-order valence-electron chi connectivity index (χ2n) is 11.1. The first-order valence-corrected chi connectivity index (χ1v) is 13.7. The van der Waals surface area contributed by atoms with Crippen LogP contribution in [0.2, 0.25) is 5.04 Å². The van der Waals surface area contributed by atoms with E-state index in [1.165, 1.54) is 10.4 Å². The fourth-order valence-electron chi connectivity index (χ4n) is 4.81. The molecule has 180 valence electrons. The Morgan fingerprint density at radius 2 is 1.45 bits per heavy atom. The molecule has 1 amide bonds. The Hall–Kier alpha value is -2.15. The van der Waals surface area contributed by atoms with E-state index in [-0.39, 0.29) is 17.6 Å². The van der Waals surface area contributed by atoms with Gasteiger partial charge in [-0.2, -0.15) is 0 Å². The molecule has 6 heteroatoms. The molecular weight excluding hydrogens is 430 g/mol. The van der Waals surface area contributed by atoms with E-state index in [1.54, 1.807) is 4.90 Å². The van der Waals surface area contributed by atoms with Crippen molar-refractivity contribution in [2.45, 2.75) is 71.3 Å². The van der Waals surface area contributed by atoms with Gasteiger partial charge in [0.05, 0.1) is 18.8 Å². The highest BCUT2D eigenvalue weighted by Crippen LogP contribution is 2.37. The van der Waals surface area contributed by atoms with Gasteiger partial charge in [0.25, 0.3) is 8.32 Å². The number of nitrogens with zero attached hydrogens (tertiary/aromatic N) is 1. The zero-order chi connectivity index (χ0) is 24.4. The molecule has 2 aromatic carbocycles. The van der Waals surface area contributed by atoms with E-state index in [4.69, 9.17) is 9.16 Å². The van der Waals surface area contributed by atoms with Gasteiger partial charge in [0.15, 0.2) is 0 Å². The normalized spacial score (nSPS) is 21.8. The van der Waals surface area contributed by atoms with Gasteiger partial charge < -0.3 is 14.3 Å². The standard InChI is InChI=1S/C27H39NO4Si/c1-20-18-28(25(30)32-26(2,3)4)23(24(20)29)19-31-33(27(5,6)7,21-14-10-8-11-15-21)22-16-12-9-13-17-22/h8-17,20,23-24,29H,18-19H2,1-7H3/t20-,23+,24-/m0/s1. The SMILES string of the molecule is C[C@H]1CN(C(=O)OC(C)(C)C)[C@H](CO[Si](c2ccccc2)(c2ccccc2)C(C)(C)C)[C@H]1O. The Morgan fingerprint density at radius 1 is 0.970 bits per heavy atom. The molecule has 2 aromatic rings. The maximum Gasteiger partial charge on any atom is 0.410 e. The van der Waals surface area contributed by atoms with E-state index in [9.17, 15) is 9.90 Å². The van der Waals surface area contributed by atoms with Gasteiger partial charge in [-0.15, -0.1) is 0 Å². The fourth-order valence-corrected chi connectivity index (χ4v) is 9.38. The number of benzene rings is 2. The Bertz CT molecular complexity index is 881. The van der Waals surface area contributed by atoms with Crippen LogP contribution in [0, 0.1) is 5.92 Å². The number of ether oxygens (including phenoxy) is 1. The smallest absolute Gasteiger partial charge is 0.410 e. The van der Waals surface area contributed by atoms with Crippen molar-refractivity contribution in [1.82, 2.24) is 4.90 Å². The van der Waals surface area contributed by atoms with Crippen LogP contribution in [0.5, 0.6) is 0 Å². The summed E-state index contributed by atoms with van der Waals surface area (Å²) in [5, 5.41) is 13.2. The maximum absolute atomic E-state index is 13.0. The Balaban J connectivity index is 2.00. The van der Waals surface area contributed by atoms with E-state index in [0.717, 1.165) is 0 Å². The van der Waals surface area contributed by atoms with Crippen LogP contribution < -0.4 is 10.4 Å². The van der Waals surface area contributed by atoms with Crippen LogP contribution in [0.3, 0.4) is 0 Å². The Labute approximate surface area is 199 Å². The van der Waals surface area contributed by atoms with Crippen molar-refractivity contribution >= 4 is 24.8 Å². The van der Waals surface area contributed by atoms with Gasteiger partial charge in [0.1, 0.15) is 5.60 Å². The van der Waals surface area contributed by atoms with Crippen molar-refractivity contribution in [2.24, 2.45) is 5.92 Å². The predicted molar refractivity (Wildman–Crippen MR) is 135 cm³/mol. The predicted octanol–water partition coefficient (Wildman–Crippen LogP) is 4.18. The number of carbonyl (C=O) groups excluding carboxylic acids is 1. The summed E-state index contributed by atoms with van der Waals surface area (Å²) in [6.07, 6.45) is -1.07. The minimum absolute atomic E-state index is 0.0507. The number of hydrogen-bond donors (Lipinski definition) is 1. The number of hydrogen-bond acceptors (Lipinski definition) is 4. The van der Waals surface area contributed by atoms with Crippen molar-refractivity contribution in [3.05, 3.63) is 60.7 Å². The molecule has 3 rings (SSSR count). The quantitative estimate of drug-likeness (QED) is 0.668. The first-order valence-electron chi connectivity index (χ1n) is 11.8. The lowest BCUT2D eigenvalue weighted by Gasteiger charge is -2.44. The second-order valence-corrected chi connectivity index (χ2v) is 15.4. The largest absolute Gasteiger partial charge is 0.444 e. The summed E-state index contributed by atoms with van der Waals surface area (Å²) in [5.74, 6) is -0.0507. The third-order valence-electron chi connectivity index (χ3n) is 6.38. The highest BCUT2D eigenvalue weighted by molar-refractivity contribution is 6.99. The van der Waals surface area contributed by atoms with E-state index >= 15 is 0 Å². The van der Waals surface area contributed by atoms with Crippen LogP contribution in [-0.4, -0.2) is 55.3 Å². The number of rotatable bonds is 5. The summed E-state index contributed by atoms with van der Waals surface area (Å²) in [6, 6.07) is 20.3.